The smallest absolute Gasteiger partial charge is 0.227 e. The van der Waals surface area contributed by atoms with Gasteiger partial charge < -0.3 is 20.1 Å². The van der Waals surface area contributed by atoms with Gasteiger partial charge in [-0.05, 0) is 38.1 Å². The molecule has 0 radical (unpaired) electrons. The molecule has 8 heteroatoms. The minimum atomic E-state index is -0.0900. The highest BCUT2D eigenvalue weighted by atomic mass is 127. The number of rotatable bonds is 7. The molecule has 0 aliphatic carbocycles. The van der Waals surface area contributed by atoms with E-state index in [1.54, 1.807) is 6.07 Å². The van der Waals surface area contributed by atoms with E-state index in [0.29, 0.717) is 18.8 Å². The monoisotopic (exact) mass is 484 g/mol. The number of carbonyl (C=O) groups excluding carboxylic acids is 1. The van der Waals surface area contributed by atoms with E-state index < -0.39 is 0 Å². The van der Waals surface area contributed by atoms with Crippen LogP contribution in [0.3, 0.4) is 0 Å². The zero-order valence-electron chi connectivity index (χ0n) is 16.4. The lowest BCUT2D eigenvalue weighted by atomic mass is 10.3. The second-order valence-corrected chi connectivity index (χ2v) is 6.16. The summed E-state index contributed by atoms with van der Waals surface area (Å²) in [7, 11) is 4.02. The first kappa shape index (κ1) is 22.9. The number of hydrogen-bond donors (Lipinski definition) is 2. The Morgan fingerprint density at radius 1 is 1.30 bits per heavy atom. The van der Waals surface area contributed by atoms with Crippen molar-refractivity contribution in [2.45, 2.75) is 26.8 Å². The maximum absolute atomic E-state index is 12.1. The lowest BCUT2D eigenvalue weighted by molar-refractivity contribution is -0.116. The number of aromatic nitrogens is 2. The second kappa shape index (κ2) is 11.6. The maximum atomic E-state index is 12.1. The van der Waals surface area contributed by atoms with Gasteiger partial charge in [-0.2, -0.15) is 0 Å². The molecule has 2 N–H and O–H groups in total. The first-order chi connectivity index (χ1) is 12.5. The molecule has 0 bridgehead atoms. The summed E-state index contributed by atoms with van der Waals surface area (Å²) < 4.78 is 2.09. The van der Waals surface area contributed by atoms with E-state index in [9.17, 15) is 4.79 Å². The Morgan fingerprint density at radius 3 is 2.70 bits per heavy atom. The molecule has 0 fully saturated rings. The highest BCUT2D eigenvalue weighted by Crippen LogP contribution is 2.05. The van der Waals surface area contributed by atoms with Crippen molar-refractivity contribution in [1.82, 2.24) is 19.8 Å². The Bertz CT molecular complexity index is 758. The zero-order valence-corrected chi connectivity index (χ0v) is 18.7. The van der Waals surface area contributed by atoms with Gasteiger partial charge in [0, 0.05) is 44.6 Å². The second-order valence-electron chi connectivity index (χ2n) is 6.16. The molecule has 1 amide bonds. The summed E-state index contributed by atoms with van der Waals surface area (Å²) in [6.45, 7) is 5.86. The molecule has 7 nitrogen and oxygen atoms in total. The third-order valence-corrected chi connectivity index (χ3v) is 3.90. The highest BCUT2D eigenvalue weighted by Gasteiger charge is 2.09. The van der Waals surface area contributed by atoms with Crippen LogP contribution < -0.4 is 10.6 Å². The van der Waals surface area contributed by atoms with Crippen LogP contribution in [-0.4, -0.2) is 46.5 Å². The number of carbonyl (C=O) groups is 1. The average molecular weight is 484 g/mol. The molecule has 0 aliphatic heterocycles. The van der Waals surface area contributed by atoms with E-state index in [2.05, 4.69) is 36.1 Å². The molecule has 2 aromatic rings. The summed E-state index contributed by atoms with van der Waals surface area (Å²) >= 11 is 0. The largest absolute Gasteiger partial charge is 0.357 e. The van der Waals surface area contributed by atoms with Crippen LogP contribution in [0.1, 0.15) is 24.7 Å². The van der Waals surface area contributed by atoms with E-state index in [1.165, 1.54) is 5.69 Å². The van der Waals surface area contributed by atoms with Crippen LogP contribution in [-0.2, 0) is 18.4 Å². The van der Waals surface area contributed by atoms with E-state index in [-0.39, 0.29) is 29.9 Å². The number of nitrogens with one attached hydrogen (secondary N) is 2. The van der Waals surface area contributed by atoms with Crippen LogP contribution >= 0.6 is 24.0 Å². The average Bonchev–Trinajstić information content (AvgIpc) is 2.99. The molecule has 2 rings (SSSR count). The van der Waals surface area contributed by atoms with E-state index in [1.807, 2.05) is 52.3 Å². The fraction of sp³-hybridized carbons (Fsp3) is 0.421. The van der Waals surface area contributed by atoms with Crippen LogP contribution in [0.5, 0.6) is 0 Å². The number of guanidine groups is 1. The standard InChI is InChI=1S/C19H28N6O.HI/c1-5-20-19(25(4)14-16-9-7-13-24(16)3)21-12-11-18(26)23-17-10-6-8-15(2)22-17;/h6-10,13H,5,11-12,14H2,1-4H3,(H,20,21)(H,22,23,26);1H. The predicted octanol–water partition coefficient (Wildman–Crippen LogP) is 2.77. The van der Waals surface area contributed by atoms with Gasteiger partial charge in [0.05, 0.1) is 13.1 Å². The van der Waals surface area contributed by atoms with Crippen molar-refractivity contribution in [2.75, 3.05) is 25.5 Å². The number of amides is 1. The Hall–Kier alpha value is -2.10. The number of aliphatic imine (C=N–C) groups is 1. The van der Waals surface area contributed by atoms with Crippen molar-refractivity contribution in [1.29, 1.82) is 0 Å². The molecule has 0 aromatic carbocycles. The van der Waals surface area contributed by atoms with Gasteiger partial charge in [-0.15, -0.1) is 24.0 Å². The molecule has 2 heterocycles. The van der Waals surface area contributed by atoms with Gasteiger partial charge in [0.25, 0.3) is 0 Å². The van der Waals surface area contributed by atoms with Crippen molar-refractivity contribution in [3.8, 4) is 0 Å². The van der Waals surface area contributed by atoms with Crippen molar-refractivity contribution >= 4 is 41.7 Å². The fourth-order valence-electron chi connectivity index (χ4n) is 2.53. The summed E-state index contributed by atoms with van der Waals surface area (Å²) in [5, 5.41) is 6.07. The zero-order chi connectivity index (χ0) is 18.9. The van der Waals surface area contributed by atoms with Crippen molar-refractivity contribution in [2.24, 2.45) is 12.0 Å². The molecule has 0 unspecified atom stereocenters. The number of hydrogen-bond acceptors (Lipinski definition) is 3. The third-order valence-electron chi connectivity index (χ3n) is 3.90. The molecular formula is C19H29IN6O. The van der Waals surface area contributed by atoms with Gasteiger partial charge in [0.2, 0.25) is 5.91 Å². The lowest BCUT2D eigenvalue weighted by Crippen LogP contribution is -2.39. The van der Waals surface area contributed by atoms with Gasteiger partial charge in [0.15, 0.2) is 5.96 Å². The van der Waals surface area contributed by atoms with Gasteiger partial charge in [-0.1, -0.05) is 6.07 Å². The number of pyridine rings is 1. The van der Waals surface area contributed by atoms with E-state index in [4.69, 9.17) is 0 Å². The molecule has 148 valence electrons. The van der Waals surface area contributed by atoms with E-state index >= 15 is 0 Å². The number of halogens is 1. The van der Waals surface area contributed by atoms with Crippen LogP contribution in [0.2, 0.25) is 0 Å². The molecule has 2 aromatic heterocycles. The topological polar surface area (TPSA) is 74.5 Å². The molecule has 0 spiro atoms. The van der Waals surface area contributed by atoms with E-state index in [0.717, 1.165) is 24.7 Å². The summed E-state index contributed by atoms with van der Waals surface area (Å²) in [5.74, 6) is 1.27. The first-order valence-corrected chi connectivity index (χ1v) is 8.82. The van der Waals surface area contributed by atoms with Gasteiger partial charge in [0.1, 0.15) is 5.82 Å². The minimum absolute atomic E-state index is 0. The molecule has 27 heavy (non-hydrogen) atoms. The summed E-state index contributed by atoms with van der Waals surface area (Å²) in [6.07, 6.45) is 2.33. The molecule has 0 aliphatic rings. The fourth-order valence-corrected chi connectivity index (χ4v) is 2.53. The summed E-state index contributed by atoms with van der Waals surface area (Å²) in [6, 6.07) is 9.66. The summed E-state index contributed by atoms with van der Waals surface area (Å²) in [5.41, 5.74) is 2.07. The Labute approximate surface area is 178 Å². The van der Waals surface area contributed by atoms with Gasteiger partial charge in [-0.3, -0.25) is 9.79 Å². The van der Waals surface area contributed by atoms with Crippen LogP contribution in [0.4, 0.5) is 5.82 Å². The highest BCUT2D eigenvalue weighted by molar-refractivity contribution is 14.0. The minimum Gasteiger partial charge on any atom is -0.357 e. The van der Waals surface area contributed by atoms with Gasteiger partial charge in [-0.25, -0.2) is 4.98 Å². The number of nitrogens with zero attached hydrogens (tertiary/aromatic N) is 4. The van der Waals surface area contributed by atoms with Crippen molar-refractivity contribution in [3.05, 3.63) is 47.9 Å². The Morgan fingerprint density at radius 2 is 2.07 bits per heavy atom. The molecule has 0 saturated heterocycles. The Balaban J connectivity index is 0.00000364. The lowest BCUT2D eigenvalue weighted by Gasteiger charge is -2.22. The van der Waals surface area contributed by atoms with Crippen LogP contribution in [0, 0.1) is 6.92 Å². The first-order valence-electron chi connectivity index (χ1n) is 8.82. The number of aryl methyl sites for hydroxylation is 2. The van der Waals surface area contributed by atoms with Crippen molar-refractivity contribution in [3.63, 3.8) is 0 Å². The predicted molar refractivity (Wildman–Crippen MR) is 120 cm³/mol. The molecular weight excluding hydrogens is 455 g/mol. The van der Waals surface area contributed by atoms with Gasteiger partial charge >= 0.3 is 0 Å². The molecule has 0 atom stereocenters. The molecule has 0 saturated carbocycles. The Kier molecular flexibility index (Phi) is 9.84. The van der Waals surface area contributed by atoms with Crippen LogP contribution in [0.15, 0.2) is 41.5 Å². The normalized spacial score (nSPS) is 10.9. The quantitative estimate of drug-likeness (QED) is 0.360. The SMILES string of the molecule is CCNC(=NCCC(=O)Nc1cccc(C)n1)N(C)Cc1cccn1C.I. The van der Waals surface area contributed by atoms with Crippen molar-refractivity contribution < 1.29 is 4.79 Å². The third kappa shape index (κ3) is 7.58. The maximum Gasteiger partial charge on any atom is 0.227 e. The number of anilines is 1. The summed E-state index contributed by atoms with van der Waals surface area (Å²) in [4.78, 5) is 23.0. The van der Waals surface area contributed by atoms with Crippen LogP contribution in [0.25, 0.3) is 0 Å².